The summed E-state index contributed by atoms with van der Waals surface area (Å²) in [7, 11) is 0. The van der Waals surface area contributed by atoms with Gasteiger partial charge in [0, 0.05) is 24.4 Å². The number of hydrogen-bond acceptors (Lipinski definition) is 8. The summed E-state index contributed by atoms with van der Waals surface area (Å²) in [6, 6.07) is 0. The van der Waals surface area contributed by atoms with E-state index in [1.807, 2.05) is 11.6 Å². The van der Waals surface area contributed by atoms with E-state index in [2.05, 4.69) is 25.6 Å². The van der Waals surface area contributed by atoms with Crippen LogP contribution in [0.25, 0.3) is 11.4 Å². The number of oxazole rings is 1. The molecular weight excluding hydrogens is 425 g/mol. The predicted molar refractivity (Wildman–Crippen MR) is 91.0 cm³/mol. The zero-order valence-electron chi connectivity index (χ0n) is 13.9. The molecule has 0 aromatic carbocycles. The first-order valence-corrected chi connectivity index (χ1v) is 8.94. The lowest BCUT2D eigenvalue weighted by atomic mass is 9.98. The summed E-state index contributed by atoms with van der Waals surface area (Å²) in [4.78, 5) is 17.4. The second-order valence-electron chi connectivity index (χ2n) is 5.62. The van der Waals surface area contributed by atoms with Gasteiger partial charge in [-0.25, -0.2) is 19.4 Å². The molecule has 1 saturated heterocycles. The molecule has 28 heavy (non-hydrogen) atoms. The lowest BCUT2D eigenvalue weighted by molar-refractivity contribution is -0.192. The molecule has 1 fully saturated rings. The fourth-order valence-electron chi connectivity index (χ4n) is 2.22. The number of nitrogens with zero attached hydrogens (tertiary/aromatic N) is 5. The Kier molecular flexibility index (Phi) is 5.96. The van der Waals surface area contributed by atoms with Gasteiger partial charge in [0.2, 0.25) is 0 Å². The Hall–Kier alpha value is -2.51. The first-order chi connectivity index (χ1) is 13.2. The van der Waals surface area contributed by atoms with Crippen molar-refractivity contribution in [3.05, 3.63) is 33.9 Å². The maximum absolute atomic E-state index is 10.6. The Bertz CT molecular complexity index is 952. The van der Waals surface area contributed by atoms with E-state index in [9.17, 15) is 13.2 Å². The second-order valence-corrected chi connectivity index (χ2v) is 7.06. The van der Waals surface area contributed by atoms with Crippen LogP contribution in [-0.4, -0.2) is 55.3 Å². The van der Waals surface area contributed by atoms with Gasteiger partial charge in [-0.3, -0.25) is 0 Å². The van der Waals surface area contributed by atoms with E-state index in [0.29, 0.717) is 22.6 Å². The van der Waals surface area contributed by atoms with Gasteiger partial charge in [-0.1, -0.05) is 16.8 Å². The van der Waals surface area contributed by atoms with Crippen LogP contribution in [0.2, 0.25) is 4.47 Å². The number of carboxylic acids is 1. The van der Waals surface area contributed by atoms with Gasteiger partial charge in [-0.15, -0.1) is 16.4 Å². The molecule has 150 valence electrons. The first-order valence-electron chi connectivity index (χ1n) is 7.68. The fraction of sp³-hybridized carbons (Fsp3) is 0.357. The van der Waals surface area contributed by atoms with Gasteiger partial charge in [-0.05, 0) is 0 Å². The standard InChI is InChI=1S/C12H11ClN6OS.C2HF3O2/c13-12-16-8(5-21-12)3-19-4-9(17-18-19)10-11(20-6-15-10)7-1-14-2-7;3-2(4,5)1(6)7/h4-7,14H,1-3H2;(H,6,7). The lowest BCUT2D eigenvalue weighted by Crippen LogP contribution is -2.39. The maximum Gasteiger partial charge on any atom is 0.490 e. The number of halogens is 4. The molecule has 0 radical (unpaired) electrons. The van der Waals surface area contributed by atoms with Crippen LogP contribution in [0.5, 0.6) is 0 Å². The monoisotopic (exact) mass is 436 g/mol. The van der Waals surface area contributed by atoms with Crippen molar-refractivity contribution >= 4 is 28.9 Å². The van der Waals surface area contributed by atoms with Crippen LogP contribution in [0.1, 0.15) is 17.4 Å². The van der Waals surface area contributed by atoms with Crippen molar-refractivity contribution < 1.29 is 27.5 Å². The second kappa shape index (κ2) is 8.24. The average Bonchev–Trinajstić information content (AvgIpc) is 3.27. The van der Waals surface area contributed by atoms with Crippen molar-refractivity contribution in [2.45, 2.75) is 18.6 Å². The van der Waals surface area contributed by atoms with Gasteiger partial charge in [0.1, 0.15) is 17.1 Å². The molecule has 3 aromatic rings. The van der Waals surface area contributed by atoms with Gasteiger partial charge in [0.25, 0.3) is 0 Å². The highest BCUT2D eigenvalue weighted by Gasteiger charge is 2.38. The van der Waals surface area contributed by atoms with Crippen molar-refractivity contribution in [1.29, 1.82) is 0 Å². The SMILES string of the molecule is Clc1nc(Cn2cc(-c3ncoc3C3CNC3)nn2)cs1.O=C(O)C(F)(F)F. The zero-order valence-corrected chi connectivity index (χ0v) is 15.4. The van der Waals surface area contributed by atoms with Crippen molar-refractivity contribution in [3.8, 4) is 11.4 Å². The average molecular weight is 437 g/mol. The minimum Gasteiger partial charge on any atom is -0.475 e. The van der Waals surface area contributed by atoms with Crippen molar-refractivity contribution in [2.24, 2.45) is 0 Å². The summed E-state index contributed by atoms with van der Waals surface area (Å²) in [5, 5.41) is 20.5. The normalized spacial score (nSPS) is 14.3. The highest BCUT2D eigenvalue weighted by molar-refractivity contribution is 7.13. The number of nitrogens with one attached hydrogen (secondary N) is 1. The highest BCUT2D eigenvalue weighted by Crippen LogP contribution is 2.29. The van der Waals surface area contributed by atoms with Crippen LogP contribution >= 0.6 is 22.9 Å². The topological polar surface area (TPSA) is 119 Å². The van der Waals surface area contributed by atoms with Gasteiger partial charge >= 0.3 is 12.1 Å². The van der Waals surface area contributed by atoms with Crippen LogP contribution in [0.15, 0.2) is 22.4 Å². The third-order valence-corrected chi connectivity index (χ3v) is 4.65. The van der Waals surface area contributed by atoms with Crippen LogP contribution in [-0.2, 0) is 11.3 Å². The summed E-state index contributed by atoms with van der Waals surface area (Å²) >= 11 is 7.23. The predicted octanol–water partition coefficient (Wildman–Crippen LogP) is 2.41. The highest BCUT2D eigenvalue weighted by atomic mass is 35.5. The van der Waals surface area contributed by atoms with E-state index in [-0.39, 0.29) is 0 Å². The molecule has 0 unspecified atom stereocenters. The van der Waals surface area contributed by atoms with Crippen LogP contribution in [0, 0.1) is 0 Å². The molecule has 14 heteroatoms. The molecule has 0 atom stereocenters. The zero-order chi connectivity index (χ0) is 20.3. The summed E-state index contributed by atoms with van der Waals surface area (Å²) in [5.41, 5.74) is 2.35. The molecule has 9 nitrogen and oxygen atoms in total. The smallest absolute Gasteiger partial charge is 0.475 e. The number of alkyl halides is 3. The molecule has 0 amide bonds. The molecule has 0 saturated carbocycles. The number of aliphatic carboxylic acids is 1. The van der Waals surface area contributed by atoms with E-state index in [1.54, 1.807) is 4.68 Å². The number of hydrogen-bond donors (Lipinski definition) is 2. The van der Waals surface area contributed by atoms with Gasteiger partial charge in [0.15, 0.2) is 10.9 Å². The molecule has 1 aliphatic heterocycles. The number of rotatable bonds is 4. The van der Waals surface area contributed by atoms with Gasteiger partial charge in [-0.2, -0.15) is 13.2 Å². The molecule has 4 rings (SSSR count). The summed E-state index contributed by atoms with van der Waals surface area (Å²) in [6.07, 6.45) is -1.77. The number of carboxylic acid groups (broad SMARTS) is 1. The summed E-state index contributed by atoms with van der Waals surface area (Å²) < 4.78 is 39.5. The van der Waals surface area contributed by atoms with E-state index in [0.717, 1.165) is 30.2 Å². The van der Waals surface area contributed by atoms with Crippen LogP contribution in [0.4, 0.5) is 13.2 Å². The maximum atomic E-state index is 10.6. The molecule has 3 aromatic heterocycles. The molecular formula is C14H12ClF3N6O3S. The van der Waals surface area contributed by atoms with Crippen LogP contribution < -0.4 is 5.32 Å². The molecule has 4 heterocycles. The largest absolute Gasteiger partial charge is 0.490 e. The molecule has 0 aliphatic carbocycles. The van der Waals surface area contributed by atoms with E-state index in [1.165, 1.54) is 17.7 Å². The summed E-state index contributed by atoms with van der Waals surface area (Å²) in [5.74, 6) is -1.52. The van der Waals surface area contributed by atoms with E-state index < -0.39 is 12.1 Å². The fourth-order valence-corrected chi connectivity index (χ4v) is 2.99. The lowest BCUT2D eigenvalue weighted by Gasteiger charge is -2.25. The Morgan fingerprint density at radius 2 is 2.18 bits per heavy atom. The first kappa shape index (κ1) is 20.2. The third-order valence-electron chi connectivity index (χ3n) is 3.62. The number of aromatic nitrogens is 5. The molecule has 2 N–H and O–H groups in total. The Morgan fingerprint density at radius 1 is 1.46 bits per heavy atom. The van der Waals surface area contributed by atoms with Crippen molar-refractivity contribution in [2.75, 3.05) is 13.1 Å². The number of thiazole rings is 1. The number of carbonyl (C=O) groups is 1. The molecule has 0 spiro atoms. The Labute approximate surface area is 164 Å². The van der Waals surface area contributed by atoms with Gasteiger partial charge < -0.3 is 14.8 Å². The van der Waals surface area contributed by atoms with Crippen molar-refractivity contribution in [3.63, 3.8) is 0 Å². The van der Waals surface area contributed by atoms with Gasteiger partial charge in [0.05, 0.1) is 18.4 Å². The minimum absolute atomic E-state index is 0.366. The van der Waals surface area contributed by atoms with E-state index >= 15 is 0 Å². The summed E-state index contributed by atoms with van der Waals surface area (Å²) in [6.45, 7) is 2.36. The van der Waals surface area contributed by atoms with E-state index in [4.69, 9.17) is 25.9 Å². The third kappa shape index (κ3) is 4.85. The van der Waals surface area contributed by atoms with Crippen LogP contribution in [0.3, 0.4) is 0 Å². The quantitative estimate of drug-likeness (QED) is 0.640. The Balaban J connectivity index is 0.000000279. The molecule has 1 aliphatic rings. The Morgan fingerprint density at radius 3 is 2.71 bits per heavy atom. The molecule has 0 bridgehead atoms. The van der Waals surface area contributed by atoms with Crippen molar-refractivity contribution in [1.82, 2.24) is 30.3 Å². The minimum atomic E-state index is -5.08.